The van der Waals surface area contributed by atoms with Crippen molar-refractivity contribution < 1.29 is 0 Å². The molecule has 1 aromatic rings. The molecule has 3 unspecified atom stereocenters. The van der Waals surface area contributed by atoms with E-state index in [0.29, 0.717) is 12.1 Å². The average molecular weight is 288 g/mol. The van der Waals surface area contributed by atoms with Crippen LogP contribution in [0.25, 0.3) is 0 Å². The lowest BCUT2D eigenvalue weighted by molar-refractivity contribution is 0.119. The molecule has 1 N–H and O–H groups in total. The first kappa shape index (κ1) is 16.5. The Labute approximate surface area is 130 Å². The highest BCUT2D eigenvalue weighted by Gasteiger charge is 2.30. The molecule has 2 rings (SSSR count). The van der Waals surface area contributed by atoms with Gasteiger partial charge in [0.1, 0.15) is 0 Å². The van der Waals surface area contributed by atoms with Crippen LogP contribution in [-0.4, -0.2) is 30.6 Å². The number of rotatable bonds is 6. The summed E-state index contributed by atoms with van der Waals surface area (Å²) in [5.74, 6) is 0.856. The van der Waals surface area contributed by atoms with Crippen molar-refractivity contribution in [3.05, 3.63) is 35.4 Å². The van der Waals surface area contributed by atoms with Gasteiger partial charge in [-0.05, 0) is 57.7 Å². The fourth-order valence-electron chi connectivity index (χ4n) is 3.62. The molecule has 0 aliphatic heterocycles. The second-order valence-electron chi connectivity index (χ2n) is 6.95. The number of nitrogens with zero attached hydrogens (tertiary/aromatic N) is 1. The third-order valence-electron chi connectivity index (χ3n) is 4.82. The zero-order valence-corrected chi connectivity index (χ0v) is 14.2. The SMILES string of the molecule is CCCNC1CCC(C)CC1N(C)Cc1cccc(C)c1. The molecule has 2 nitrogen and oxygen atoms in total. The predicted molar refractivity (Wildman–Crippen MR) is 91.5 cm³/mol. The molecule has 0 heterocycles. The maximum Gasteiger partial charge on any atom is 0.0252 e. The molecule has 1 aliphatic rings. The van der Waals surface area contributed by atoms with E-state index in [9.17, 15) is 0 Å². The number of hydrogen-bond acceptors (Lipinski definition) is 2. The molecule has 0 bridgehead atoms. The van der Waals surface area contributed by atoms with Crippen LogP contribution in [0.1, 0.15) is 50.7 Å². The molecule has 21 heavy (non-hydrogen) atoms. The van der Waals surface area contributed by atoms with Gasteiger partial charge in [0, 0.05) is 18.6 Å². The number of nitrogens with one attached hydrogen (secondary N) is 1. The van der Waals surface area contributed by atoms with Crippen molar-refractivity contribution in [2.24, 2.45) is 5.92 Å². The monoisotopic (exact) mass is 288 g/mol. The smallest absolute Gasteiger partial charge is 0.0252 e. The van der Waals surface area contributed by atoms with Crippen molar-refractivity contribution in [2.45, 2.75) is 65.1 Å². The summed E-state index contributed by atoms with van der Waals surface area (Å²) >= 11 is 0. The Balaban J connectivity index is 2.00. The highest BCUT2D eigenvalue weighted by molar-refractivity contribution is 5.22. The van der Waals surface area contributed by atoms with E-state index in [0.717, 1.165) is 19.0 Å². The molecule has 1 saturated carbocycles. The number of hydrogen-bond donors (Lipinski definition) is 1. The summed E-state index contributed by atoms with van der Waals surface area (Å²) in [7, 11) is 2.30. The van der Waals surface area contributed by atoms with Crippen LogP contribution in [0.15, 0.2) is 24.3 Å². The molecule has 3 atom stereocenters. The Hall–Kier alpha value is -0.860. The van der Waals surface area contributed by atoms with Gasteiger partial charge in [0.15, 0.2) is 0 Å². The van der Waals surface area contributed by atoms with Crippen LogP contribution in [0.5, 0.6) is 0 Å². The lowest BCUT2D eigenvalue weighted by Gasteiger charge is -2.41. The van der Waals surface area contributed by atoms with E-state index < -0.39 is 0 Å². The fourth-order valence-corrected chi connectivity index (χ4v) is 3.62. The fraction of sp³-hybridized carbons (Fsp3) is 0.684. The minimum atomic E-state index is 0.663. The minimum Gasteiger partial charge on any atom is -0.312 e. The van der Waals surface area contributed by atoms with Crippen LogP contribution in [0.3, 0.4) is 0 Å². The molecular formula is C19H32N2. The minimum absolute atomic E-state index is 0.663. The largest absolute Gasteiger partial charge is 0.312 e. The second kappa shape index (κ2) is 7.95. The first-order valence-electron chi connectivity index (χ1n) is 8.59. The Morgan fingerprint density at radius 1 is 1.29 bits per heavy atom. The Bertz CT molecular complexity index is 427. The molecule has 0 saturated heterocycles. The Morgan fingerprint density at radius 2 is 2.10 bits per heavy atom. The average Bonchev–Trinajstić information content (AvgIpc) is 2.46. The van der Waals surface area contributed by atoms with E-state index >= 15 is 0 Å². The van der Waals surface area contributed by atoms with E-state index in [1.165, 1.54) is 36.8 Å². The van der Waals surface area contributed by atoms with Crippen LogP contribution in [-0.2, 0) is 6.54 Å². The van der Waals surface area contributed by atoms with E-state index in [-0.39, 0.29) is 0 Å². The summed E-state index contributed by atoms with van der Waals surface area (Å²) in [5.41, 5.74) is 2.79. The molecule has 2 heteroatoms. The van der Waals surface area contributed by atoms with Crippen LogP contribution in [0.4, 0.5) is 0 Å². The van der Waals surface area contributed by atoms with Gasteiger partial charge in [0.2, 0.25) is 0 Å². The van der Waals surface area contributed by atoms with Gasteiger partial charge in [0.25, 0.3) is 0 Å². The molecule has 1 aliphatic carbocycles. The van der Waals surface area contributed by atoms with Crippen molar-refractivity contribution in [3.8, 4) is 0 Å². The Kier molecular flexibility index (Phi) is 6.25. The van der Waals surface area contributed by atoms with E-state index in [4.69, 9.17) is 0 Å². The normalized spacial score (nSPS) is 26.2. The molecule has 0 amide bonds. The lowest BCUT2D eigenvalue weighted by Crippen LogP contribution is -2.51. The van der Waals surface area contributed by atoms with Gasteiger partial charge in [-0.1, -0.05) is 43.7 Å². The van der Waals surface area contributed by atoms with Crippen LogP contribution in [0.2, 0.25) is 0 Å². The summed E-state index contributed by atoms with van der Waals surface area (Å²) in [5, 5.41) is 3.78. The number of aryl methyl sites for hydroxylation is 1. The number of likely N-dealkylation sites (N-methyl/N-ethyl adjacent to an activating group) is 1. The van der Waals surface area contributed by atoms with Gasteiger partial charge in [-0.2, -0.15) is 0 Å². The van der Waals surface area contributed by atoms with Crippen molar-refractivity contribution in [2.75, 3.05) is 13.6 Å². The van der Waals surface area contributed by atoms with E-state index in [2.05, 4.69) is 62.3 Å². The standard InChI is InChI=1S/C19H32N2/c1-5-11-20-18-10-9-16(3)13-19(18)21(4)14-17-8-6-7-15(2)12-17/h6-8,12,16,18-20H,5,9-11,13-14H2,1-4H3. The zero-order valence-electron chi connectivity index (χ0n) is 14.2. The van der Waals surface area contributed by atoms with Crippen molar-refractivity contribution in [1.82, 2.24) is 10.2 Å². The number of benzene rings is 1. The molecule has 0 spiro atoms. The highest BCUT2D eigenvalue weighted by atomic mass is 15.2. The predicted octanol–water partition coefficient (Wildman–Crippen LogP) is 3.98. The third-order valence-corrected chi connectivity index (χ3v) is 4.82. The van der Waals surface area contributed by atoms with Gasteiger partial charge in [-0.15, -0.1) is 0 Å². The summed E-state index contributed by atoms with van der Waals surface area (Å²) in [6.07, 6.45) is 5.24. The van der Waals surface area contributed by atoms with Crippen LogP contribution < -0.4 is 5.32 Å². The summed E-state index contributed by atoms with van der Waals surface area (Å²) in [6, 6.07) is 10.3. The van der Waals surface area contributed by atoms with Crippen LogP contribution >= 0.6 is 0 Å². The highest BCUT2D eigenvalue weighted by Crippen LogP contribution is 2.28. The summed E-state index contributed by atoms with van der Waals surface area (Å²) in [6.45, 7) is 9.04. The molecular weight excluding hydrogens is 256 g/mol. The molecule has 0 aromatic heterocycles. The van der Waals surface area contributed by atoms with E-state index in [1.54, 1.807) is 0 Å². The first-order valence-corrected chi connectivity index (χ1v) is 8.59. The van der Waals surface area contributed by atoms with Gasteiger partial charge in [-0.25, -0.2) is 0 Å². The second-order valence-corrected chi connectivity index (χ2v) is 6.95. The Morgan fingerprint density at radius 3 is 2.81 bits per heavy atom. The van der Waals surface area contributed by atoms with Gasteiger partial charge >= 0.3 is 0 Å². The van der Waals surface area contributed by atoms with Crippen molar-refractivity contribution in [3.63, 3.8) is 0 Å². The lowest BCUT2D eigenvalue weighted by atomic mass is 9.82. The van der Waals surface area contributed by atoms with Crippen molar-refractivity contribution >= 4 is 0 Å². The first-order chi connectivity index (χ1) is 10.1. The van der Waals surface area contributed by atoms with Gasteiger partial charge < -0.3 is 5.32 Å². The van der Waals surface area contributed by atoms with Gasteiger partial charge in [-0.3, -0.25) is 4.90 Å². The quantitative estimate of drug-likeness (QED) is 0.851. The van der Waals surface area contributed by atoms with Crippen molar-refractivity contribution in [1.29, 1.82) is 0 Å². The molecule has 118 valence electrons. The maximum atomic E-state index is 3.78. The molecule has 1 fully saturated rings. The molecule has 1 aromatic carbocycles. The van der Waals surface area contributed by atoms with Crippen LogP contribution in [0, 0.1) is 12.8 Å². The maximum absolute atomic E-state index is 3.78. The topological polar surface area (TPSA) is 15.3 Å². The molecule has 0 radical (unpaired) electrons. The third kappa shape index (κ3) is 4.82. The summed E-state index contributed by atoms with van der Waals surface area (Å²) in [4.78, 5) is 2.57. The zero-order chi connectivity index (χ0) is 15.2. The summed E-state index contributed by atoms with van der Waals surface area (Å²) < 4.78 is 0. The van der Waals surface area contributed by atoms with Gasteiger partial charge in [0.05, 0.1) is 0 Å². The van der Waals surface area contributed by atoms with E-state index in [1.807, 2.05) is 0 Å².